The Kier molecular flexibility index (Phi) is 7.63. The third-order valence-electron chi connectivity index (χ3n) is 4.37. The first kappa shape index (κ1) is 19.2. The Labute approximate surface area is 136 Å². The highest BCUT2D eigenvalue weighted by molar-refractivity contribution is 5.67. The van der Waals surface area contributed by atoms with Gasteiger partial charge in [0.25, 0.3) is 0 Å². The zero-order valence-corrected chi connectivity index (χ0v) is 15.2. The van der Waals surface area contributed by atoms with Gasteiger partial charge >= 0.3 is 6.09 Å². The molecule has 0 spiro atoms. The van der Waals surface area contributed by atoms with Crippen LogP contribution >= 0.6 is 0 Å². The van der Waals surface area contributed by atoms with Crippen molar-refractivity contribution in [2.24, 2.45) is 5.92 Å². The number of alkyl carbamates (subject to hydrolysis) is 1. The number of hydrogen-bond donors (Lipinski definition) is 2. The van der Waals surface area contributed by atoms with Gasteiger partial charge in [-0.2, -0.15) is 0 Å². The molecule has 3 unspecified atom stereocenters. The summed E-state index contributed by atoms with van der Waals surface area (Å²) in [5, 5.41) is 6.63. The molecule has 1 fully saturated rings. The number of ether oxygens (including phenoxy) is 1. The van der Waals surface area contributed by atoms with Gasteiger partial charge in [-0.3, -0.25) is 0 Å². The minimum Gasteiger partial charge on any atom is -0.444 e. The largest absolute Gasteiger partial charge is 0.444 e. The van der Waals surface area contributed by atoms with Crippen molar-refractivity contribution in [3.05, 3.63) is 0 Å². The Hall–Kier alpha value is -0.810. The molecule has 3 atom stereocenters. The molecule has 130 valence electrons. The fraction of sp³-hybridized carbons (Fsp3) is 0.941. The average molecular weight is 313 g/mol. The topological polar surface area (TPSA) is 53.6 Å². The van der Waals surface area contributed by atoms with Gasteiger partial charge in [-0.15, -0.1) is 0 Å². The number of nitrogens with zero attached hydrogens (tertiary/aromatic N) is 1. The summed E-state index contributed by atoms with van der Waals surface area (Å²) >= 11 is 0. The van der Waals surface area contributed by atoms with Crippen molar-refractivity contribution in [1.29, 1.82) is 0 Å². The predicted molar refractivity (Wildman–Crippen MR) is 91.1 cm³/mol. The van der Waals surface area contributed by atoms with Crippen LogP contribution in [0.3, 0.4) is 0 Å². The summed E-state index contributed by atoms with van der Waals surface area (Å²) in [6, 6.07) is 1.01. The highest BCUT2D eigenvalue weighted by Crippen LogP contribution is 2.24. The second-order valence-electron chi connectivity index (χ2n) is 7.75. The van der Waals surface area contributed by atoms with Gasteiger partial charge in [-0.25, -0.2) is 4.79 Å². The van der Waals surface area contributed by atoms with Crippen LogP contribution in [0.25, 0.3) is 0 Å². The van der Waals surface area contributed by atoms with Crippen LogP contribution in [0.15, 0.2) is 0 Å². The molecular weight excluding hydrogens is 278 g/mol. The Morgan fingerprint density at radius 2 is 1.91 bits per heavy atom. The summed E-state index contributed by atoms with van der Waals surface area (Å²) in [5.74, 6) is 0.496. The molecule has 1 saturated carbocycles. The molecule has 2 N–H and O–H groups in total. The molecule has 0 radical (unpaired) electrons. The lowest BCUT2D eigenvalue weighted by Crippen LogP contribution is -2.48. The number of amides is 1. The summed E-state index contributed by atoms with van der Waals surface area (Å²) in [7, 11) is 4.21. The van der Waals surface area contributed by atoms with Crippen LogP contribution in [-0.4, -0.2) is 55.9 Å². The van der Waals surface area contributed by atoms with E-state index in [1.54, 1.807) is 0 Å². The molecule has 0 bridgehead atoms. The third-order valence-corrected chi connectivity index (χ3v) is 4.37. The fourth-order valence-corrected chi connectivity index (χ4v) is 2.75. The van der Waals surface area contributed by atoms with Crippen LogP contribution in [0.2, 0.25) is 0 Å². The smallest absolute Gasteiger partial charge is 0.407 e. The molecule has 22 heavy (non-hydrogen) atoms. The van der Waals surface area contributed by atoms with Gasteiger partial charge in [-0.05, 0) is 60.5 Å². The Balaban J connectivity index is 2.40. The molecule has 0 aliphatic heterocycles. The Bertz CT molecular complexity index is 339. The lowest BCUT2D eigenvalue weighted by molar-refractivity contribution is 0.0510. The Morgan fingerprint density at radius 1 is 1.27 bits per heavy atom. The standard InChI is InChI=1S/C17H35N3O2/c1-13(20(5)6)11-18-15-10-8-7-9-14(15)12-19-16(21)22-17(2,3)4/h13-15,18H,7-12H2,1-6H3,(H,19,21). The minimum absolute atomic E-state index is 0.307. The van der Waals surface area contributed by atoms with Gasteiger partial charge in [-0.1, -0.05) is 12.8 Å². The quantitative estimate of drug-likeness (QED) is 0.791. The van der Waals surface area contributed by atoms with Crippen LogP contribution in [-0.2, 0) is 4.74 Å². The molecule has 1 aliphatic carbocycles. The second-order valence-corrected chi connectivity index (χ2v) is 7.75. The summed E-state index contributed by atoms with van der Waals surface area (Å²) in [4.78, 5) is 14.0. The third kappa shape index (κ3) is 7.45. The summed E-state index contributed by atoms with van der Waals surface area (Å²) in [5.41, 5.74) is -0.435. The van der Waals surface area contributed by atoms with Crippen molar-refractivity contribution in [3.63, 3.8) is 0 Å². The molecule has 5 nitrogen and oxygen atoms in total. The van der Waals surface area contributed by atoms with E-state index in [1.165, 1.54) is 25.7 Å². The van der Waals surface area contributed by atoms with Gasteiger partial charge in [0.1, 0.15) is 5.60 Å². The van der Waals surface area contributed by atoms with Gasteiger partial charge in [0.05, 0.1) is 0 Å². The maximum absolute atomic E-state index is 11.8. The highest BCUT2D eigenvalue weighted by Gasteiger charge is 2.26. The predicted octanol–water partition coefficient (Wildman–Crippen LogP) is 2.61. The second kappa shape index (κ2) is 8.73. The first-order valence-corrected chi connectivity index (χ1v) is 8.55. The van der Waals surface area contributed by atoms with E-state index in [0.29, 0.717) is 24.5 Å². The lowest BCUT2D eigenvalue weighted by Gasteiger charge is -2.34. The van der Waals surface area contributed by atoms with Gasteiger partial charge < -0.3 is 20.3 Å². The van der Waals surface area contributed by atoms with Crippen LogP contribution in [0.5, 0.6) is 0 Å². The molecule has 5 heteroatoms. The molecule has 0 heterocycles. The number of carbonyl (C=O) groups excluding carboxylic acids is 1. The van der Waals surface area contributed by atoms with E-state index >= 15 is 0 Å². The number of carbonyl (C=O) groups is 1. The van der Waals surface area contributed by atoms with Crippen LogP contribution in [0.1, 0.15) is 53.4 Å². The molecule has 0 aromatic heterocycles. The van der Waals surface area contributed by atoms with E-state index in [2.05, 4.69) is 36.6 Å². The van der Waals surface area contributed by atoms with E-state index in [0.717, 1.165) is 6.54 Å². The first-order chi connectivity index (χ1) is 10.2. The van der Waals surface area contributed by atoms with E-state index in [4.69, 9.17) is 4.74 Å². The number of hydrogen-bond acceptors (Lipinski definition) is 4. The zero-order chi connectivity index (χ0) is 16.8. The van der Waals surface area contributed by atoms with Crippen molar-refractivity contribution >= 4 is 6.09 Å². The van der Waals surface area contributed by atoms with Gasteiger partial charge in [0.2, 0.25) is 0 Å². The maximum Gasteiger partial charge on any atom is 0.407 e. The molecule has 0 aromatic carbocycles. The molecule has 0 aromatic rings. The van der Waals surface area contributed by atoms with Crippen LogP contribution < -0.4 is 10.6 Å². The Morgan fingerprint density at radius 3 is 2.50 bits per heavy atom. The van der Waals surface area contributed by atoms with E-state index < -0.39 is 5.60 Å². The SMILES string of the molecule is CC(CNC1CCCCC1CNC(=O)OC(C)(C)C)N(C)C. The molecule has 1 amide bonds. The molecular formula is C17H35N3O2. The van der Waals surface area contributed by atoms with E-state index in [-0.39, 0.29) is 6.09 Å². The van der Waals surface area contributed by atoms with E-state index in [9.17, 15) is 4.79 Å². The number of likely N-dealkylation sites (N-methyl/N-ethyl adjacent to an activating group) is 1. The molecule has 1 aliphatic rings. The summed E-state index contributed by atoms with van der Waals surface area (Å²) in [6.07, 6.45) is 4.59. The number of nitrogens with one attached hydrogen (secondary N) is 2. The van der Waals surface area contributed by atoms with Gasteiger partial charge in [0.15, 0.2) is 0 Å². The van der Waals surface area contributed by atoms with Crippen LogP contribution in [0.4, 0.5) is 4.79 Å². The highest BCUT2D eigenvalue weighted by atomic mass is 16.6. The summed E-state index contributed by atoms with van der Waals surface area (Å²) < 4.78 is 5.32. The van der Waals surface area contributed by atoms with E-state index in [1.807, 2.05) is 20.8 Å². The van der Waals surface area contributed by atoms with Crippen molar-refractivity contribution < 1.29 is 9.53 Å². The monoisotopic (exact) mass is 313 g/mol. The zero-order valence-electron chi connectivity index (χ0n) is 15.2. The van der Waals surface area contributed by atoms with Crippen molar-refractivity contribution in [1.82, 2.24) is 15.5 Å². The van der Waals surface area contributed by atoms with Gasteiger partial charge in [0, 0.05) is 25.2 Å². The van der Waals surface area contributed by atoms with Crippen molar-refractivity contribution in [2.75, 3.05) is 27.2 Å². The normalized spacial score (nSPS) is 24.1. The molecule has 1 rings (SSSR count). The number of rotatable bonds is 6. The maximum atomic E-state index is 11.8. The minimum atomic E-state index is -0.435. The lowest BCUT2D eigenvalue weighted by atomic mass is 9.84. The summed E-state index contributed by atoms with van der Waals surface area (Å²) in [6.45, 7) is 9.58. The fourth-order valence-electron chi connectivity index (χ4n) is 2.75. The first-order valence-electron chi connectivity index (χ1n) is 8.55. The van der Waals surface area contributed by atoms with Crippen molar-refractivity contribution in [3.8, 4) is 0 Å². The average Bonchev–Trinajstić information content (AvgIpc) is 2.41. The van der Waals surface area contributed by atoms with Crippen LogP contribution in [0, 0.1) is 5.92 Å². The van der Waals surface area contributed by atoms with Crippen molar-refractivity contribution in [2.45, 2.75) is 71.1 Å². The molecule has 0 saturated heterocycles.